The normalized spacial score (nSPS) is 8.93. The van der Waals surface area contributed by atoms with E-state index in [1.807, 2.05) is 26.0 Å². The monoisotopic (exact) mass is 202 g/mol. The highest BCUT2D eigenvalue weighted by Gasteiger charge is 1.83. The highest BCUT2D eigenvalue weighted by Crippen LogP contribution is 2.02. The molecule has 15 heavy (non-hydrogen) atoms. The van der Waals surface area contributed by atoms with E-state index in [-0.39, 0.29) is 0 Å². The van der Waals surface area contributed by atoms with Crippen LogP contribution in [0.15, 0.2) is 42.7 Å². The van der Waals surface area contributed by atoms with E-state index in [0.29, 0.717) is 5.75 Å². The molecule has 0 atom stereocenters. The maximum atomic E-state index is 8.63. The fourth-order valence-corrected chi connectivity index (χ4v) is 1.02. The van der Waals surface area contributed by atoms with Crippen molar-refractivity contribution in [1.29, 1.82) is 0 Å². The lowest BCUT2D eigenvalue weighted by Gasteiger charge is -1.89. The van der Waals surface area contributed by atoms with Crippen LogP contribution in [0.3, 0.4) is 0 Å². The summed E-state index contributed by atoms with van der Waals surface area (Å²) < 4.78 is 0. The number of hydrogen-bond donors (Lipinski definition) is 1. The number of aromatic nitrogens is 2. The van der Waals surface area contributed by atoms with E-state index >= 15 is 0 Å². The van der Waals surface area contributed by atoms with Gasteiger partial charge in [-0.25, -0.2) is 9.97 Å². The third-order valence-corrected chi connectivity index (χ3v) is 1.70. The summed E-state index contributed by atoms with van der Waals surface area (Å²) >= 11 is 0. The van der Waals surface area contributed by atoms with Gasteiger partial charge in [0.15, 0.2) is 0 Å². The van der Waals surface area contributed by atoms with Crippen LogP contribution in [-0.2, 0) is 0 Å². The minimum Gasteiger partial charge on any atom is -0.508 e. The SMILES string of the molecule is Cc1cc(C)ncn1.Oc1ccccc1. The maximum absolute atomic E-state index is 8.63. The molecule has 3 nitrogen and oxygen atoms in total. The van der Waals surface area contributed by atoms with Gasteiger partial charge >= 0.3 is 0 Å². The number of aryl methyl sites for hydroxylation is 2. The first-order valence-electron chi connectivity index (χ1n) is 4.68. The quantitative estimate of drug-likeness (QED) is 0.713. The minimum absolute atomic E-state index is 0.322. The van der Waals surface area contributed by atoms with E-state index in [1.165, 1.54) is 0 Å². The number of nitrogens with zero attached hydrogens (tertiary/aromatic N) is 2. The van der Waals surface area contributed by atoms with Gasteiger partial charge in [-0.1, -0.05) is 18.2 Å². The van der Waals surface area contributed by atoms with Crippen molar-refractivity contribution in [1.82, 2.24) is 9.97 Å². The van der Waals surface area contributed by atoms with Crippen molar-refractivity contribution in [2.75, 3.05) is 0 Å². The summed E-state index contributed by atoms with van der Waals surface area (Å²) in [4.78, 5) is 7.86. The van der Waals surface area contributed by atoms with Gasteiger partial charge in [-0.3, -0.25) is 0 Å². The molecule has 0 saturated carbocycles. The Morgan fingerprint density at radius 2 is 1.47 bits per heavy atom. The van der Waals surface area contributed by atoms with Crippen LogP contribution in [0.1, 0.15) is 11.4 Å². The van der Waals surface area contributed by atoms with Gasteiger partial charge in [-0.05, 0) is 32.0 Å². The van der Waals surface area contributed by atoms with Crippen molar-refractivity contribution in [3.63, 3.8) is 0 Å². The Bertz CT molecular complexity index is 384. The Hall–Kier alpha value is -1.90. The molecular weight excluding hydrogens is 188 g/mol. The fourth-order valence-electron chi connectivity index (χ4n) is 1.02. The second kappa shape index (κ2) is 5.75. The fraction of sp³-hybridized carbons (Fsp3) is 0.167. The molecule has 0 radical (unpaired) electrons. The van der Waals surface area contributed by atoms with Crippen LogP contribution in [0, 0.1) is 13.8 Å². The van der Waals surface area contributed by atoms with Crippen LogP contribution in [0.5, 0.6) is 5.75 Å². The predicted octanol–water partition coefficient (Wildman–Crippen LogP) is 2.49. The smallest absolute Gasteiger partial charge is 0.115 e. The molecule has 0 aliphatic rings. The molecule has 0 fully saturated rings. The van der Waals surface area contributed by atoms with Gasteiger partial charge in [-0.2, -0.15) is 0 Å². The summed E-state index contributed by atoms with van der Waals surface area (Å²) in [7, 11) is 0. The van der Waals surface area contributed by atoms with Gasteiger partial charge in [0.1, 0.15) is 12.1 Å². The van der Waals surface area contributed by atoms with Gasteiger partial charge in [0.25, 0.3) is 0 Å². The number of phenolic OH excluding ortho intramolecular Hbond substituents is 1. The standard InChI is InChI=1S/C6H8N2.C6H6O/c1-5-3-6(2)8-4-7-5;7-6-4-2-1-3-5-6/h3-4H,1-2H3;1-5,7H. The summed E-state index contributed by atoms with van der Waals surface area (Å²) in [5.41, 5.74) is 2.05. The molecule has 1 N–H and O–H groups in total. The van der Waals surface area contributed by atoms with Crippen molar-refractivity contribution < 1.29 is 5.11 Å². The topological polar surface area (TPSA) is 46.0 Å². The van der Waals surface area contributed by atoms with Crippen LogP contribution >= 0.6 is 0 Å². The van der Waals surface area contributed by atoms with Gasteiger partial charge in [-0.15, -0.1) is 0 Å². The van der Waals surface area contributed by atoms with Crippen LogP contribution in [0.25, 0.3) is 0 Å². The van der Waals surface area contributed by atoms with E-state index in [9.17, 15) is 0 Å². The first kappa shape index (κ1) is 11.2. The lowest BCUT2D eigenvalue weighted by atomic mass is 10.3. The molecule has 0 aliphatic heterocycles. The van der Waals surface area contributed by atoms with E-state index in [0.717, 1.165) is 11.4 Å². The van der Waals surface area contributed by atoms with E-state index in [1.54, 1.807) is 30.6 Å². The van der Waals surface area contributed by atoms with Crippen molar-refractivity contribution >= 4 is 0 Å². The van der Waals surface area contributed by atoms with Gasteiger partial charge < -0.3 is 5.11 Å². The molecule has 2 rings (SSSR count). The van der Waals surface area contributed by atoms with Gasteiger partial charge in [0, 0.05) is 11.4 Å². The van der Waals surface area contributed by atoms with Crippen LogP contribution in [0.4, 0.5) is 0 Å². The van der Waals surface area contributed by atoms with Crippen LogP contribution in [-0.4, -0.2) is 15.1 Å². The Labute approximate surface area is 89.5 Å². The number of rotatable bonds is 0. The van der Waals surface area contributed by atoms with E-state index < -0.39 is 0 Å². The summed E-state index contributed by atoms with van der Waals surface area (Å²) in [5.74, 6) is 0.322. The molecule has 1 aromatic carbocycles. The predicted molar refractivity (Wildman–Crippen MR) is 59.6 cm³/mol. The Kier molecular flexibility index (Phi) is 4.29. The molecule has 0 aliphatic carbocycles. The zero-order chi connectivity index (χ0) is 11.1. The zero-order valence-corrected chi connectivity index (χ0v) is 8.88. The minimum atomic E-state index is 0.322. The average Bonchev–Trinajstić information content (AvgIpc) is 2.19. The maximum Gasteiger partial charge on any atom is 0.115 e. The summed E-state index contributed by atoms with van der Waals surface area (Å²) in [5, 5.41) is 8.63. The number of phenols is 1. The zero-order valence-electron chi connectivity index (χ0n) is 8.88. The lowest BCUT2D eigenvalue weighted by molar-refractivity contribution is 0.475. The third-order valence-electron chi connectivity index (χ3n) is 1.70. The highest BCUT2D eigenvalue weighted by atomic mass is 16.3. The van der Waals surface area contributed by atoms with E-state index in [4.69, 9.17) is 5.11 Å². The Morgan fingerprint density at radius 3 is 1.73 bits per heavy atom. The first-order chi connectivity index (χ1) is 7.18. The molecule has 1 heterocycles. The van der Waals surface area contributed by atoms with Crippen LogP contribution in [0.2, 0.25) is 0 Å². The van der Waals surface area contributed by atoms with Crippen molar-refractivity contribution in [3.8, 4) is 5.75 Å². The van der Waals surface area contributed by atoms with E-state index in [2.05, 4.69) is 9.97 Å². The van der Waals surface area contributed by atoms with Gasteiger partial charge in [0.05, 0.1) is 0 Å². The lowest BCUT2D eigenvalue weighted by Crippen LogP contribution is -1.84. The molecule has 3 heteroatoms. The molecule has 0 saturated heterocycles. The molecule has 0 bridgehead atoms. The second-order valence-corrected chi connectivity index (χ2v) is 3.14. The van der Waals surface area contributed by atoms with Crippen molar-refractivity contribution in [2.24, 2.45) is 0 Å². The first-order valence-corrected chi connectivity index (χ1v) is 4.68. The summed E-state index contributed by atoms with van der Waals surface area (Å²) in [6.07, 6.45) is 1.57. The molecule has 1 aromatic heterocycles. The molecule has 0 spiro atoms. The molecule has 78 valence electrons. The highest BCUT2D eigenvalue weighted by molar-refractivity contribution is 5.18. The third kappa shape index (κ3) is 4.76. The number of para-hydroxylation sites is 1. The van der Waals surface area contributed by atoms with Crippen molar-refractivity contribution in [2.45, 2.75) is 13.8 Å². The molecule has 0 unspecified atom stereocenters. The Morgan fingerprint density at radius 1 is 0.933 bits per heavy atom. The molecule has 2 aromatic rings. The van der Waals surface area contributed by atoms with Crippen molar-refractivity contribution in [3.05, 3.63) is 54.1 Å². The largest absolute Gasteiger partial charge is 0.508 e. The number of benzene rings is 1. The van der Waals surface area contributed by atoms with Crippen LogP contribution < -0.4 is 0 Å². The summed E-state index contributed by atoms with van der Waals surface area (Å²) in [6.45, 7) is 3.91. The number of aromatic hydroxyl groups is 1. The average molecular weight is 202 g/mol. The molecule has 0 amide bonds. The van der Waals surface area contributed by atoms with Gasteiger partial charge in [0.2, 0.25) is 0 Å². The molecular formula is C12H14N2O. The summed E-state index contributed by atoms with van der Waals surface area (Å²) in [6, 6.07) is 10.7. The Balaban J connectivity index is 0.000000151. The number of hydrogen-bond acceptors (Lipinski definition) is 3. The second-order valence-electron chi connectivity index (χ2n) is 3.14.